The molecule has 0 aliphatic rings. The third kappa shape index (κ3) is 4.57. The summed E-state index contributed by atoms with van der Waals surface area (Å²) in [6.07, 6.45) is 0. The summed E-state index contributed by atoms with van der Waals surface area (Å²) in [5.74, 6) is 1.30. The highest BCUT2D eigenvalue weighted by Gasteiger charge is 2.16. The topological polar surface area (TPSA) is 34.6 Å². The van der Waals surface area contributed by atoms with Gasteiger partial charge in [0.1, 0.15) is 17.0 Å². The standard InChI is InChI=1S/C23H20BrFN2O2S/c1-28-18-7-3-15(4-8-18)13-27(14-16-5-9-19(29-2)10-6-16)23-26-22-20(25)11-17(24)12-21(22)30-23/h3-12H,13-14H2,1-2H3. The van der Waals surface area contributed by atoms with Gasteiger partial charge in [0.05, 0.1) is 18.9 Å². The highest BCUT2D eigenvalue weighted by atomic mass is 79.9. The van der Waals surface area contributed by atoms with Crippen molar-refractivity contribution >= 4 is 42.6 Å². The van der Waals surface area contributed by atoms with Gasteiger partial charge in [0.15, 0.2) is 10.9 Å². The Kier molecular flexibility index (Phi) is 6.20. The zero-order valence-corrected chi connectivity index (χ0v) is 19.0. The lowest BCUT2D eigenvalue weighted by atomic mass is 10.1. The number of thiazole rings is 1. The molecule has 0 N–H and O–H groups in total. The Morgan fingerprint density at radius 2 is 1.43 bits per heavy atom. The van der Waals surface area contributed by atoms with Crippen LogP contribution in [0.3, 0.4) is 0 Å². The molecule has 0 aliphatic heterocycles. The van der Waals surface area contributed by atoms with Crippen molar-refractivity contribution in [1.29, 1.82) is 0 Å². The fraction of sp³-hybridized carbons (Fsp3) is 0.174. The van der Waals surface area contributed by atoms with Crippen LogP contribution >= 0.6 is 27.3 Å². The predicted octanol–water partition coefficient (Wildman–Crippen LogP) is 6.42. The Bertz CT molecular complexity index is 1100. The molecule has 0 amide bonds. The van der Waals surface area contributed by atoms with Gasteiger partial charge in [-0.3, -0.25) is 0 Å². The number of fused-ring (bicyclic) bond motifs is 1. The Morgan fingerprint density at radius 1 is 0.900 bits per heavy atom. The van der Waals surface area contributed by atoms with Crippen molar-refractivity contribution in [3.8, 4) is 11.5 Å². The molecule has 1 aromatic heterocycles. The second-order valence-electron chi connectivity index (χ2n) is 6.78. The summed E-state index contributed by atoms with van der Waals surface area (Å²) in [4.78, 5) is 6.77. The summed E-state index contributed by atoms with van der Waals surface area (Å²) in [5, 5.41) is 0.772. The molecule has 0 fully saturated rings. The minimum absolute atomic E-state index is 0.323. The molecule has 0 atom stereocenters. The lowest BCUT2D eigenvalue weighted by molar-refractivity contribution is 0.414. The summed E-state index contributed by atoms with van der Waals surface area (Å²) >= 11 is 4.85. The number of hydrogen-bond donors (Lipinski definition) is 0. The predicted molar refractivity (Wildman–Crippen MR) is 123 cm³/mol. The van der Waals surface area contributed by atoms with Gasteiger partial charge in [0, 0.05) is 17.6 Å². The first-order chi connectivity index (χ1) is 14.6. The summed E-state index contributed by atoms with van der Waals surface area (Å²) in [5.41, 5.74) is 2.63. The molecule has 0 unspecified atom stereocenters. The molecule has 154 valence electrons. The SMILES string of the molecule is COc1ccc(CN(Cc2ccc(OC)cc2)c2nc3c(F)cc(Br)cc3s2)cc1. The molecule has 0 bridgehead atoms. The van der Waals surface area contributed by atoms with Crippen LogP contribution < -0.4 is 14.4 Å². The van der Waals surface area contributed by atoms with E-state index in [0.29, 0.717) is 23.1 Å². The number of hydrogen-bond acceptors (Lipinski definition) is 5. The molecule has 7 heteroatoms. The van der Waals surface area contributed by atoms with E-state index in [1.165, 1.54) is 17.4 Å². The highest BCUT2D eigenvalue weighted by Crippen LogP contribution is 2.34. The number of aromatic nitrogens is 1. The number of rotatable bonds is 7. The first-order valence-electron chi connectivity index (χ1n) is 9.32. The van der Waals surface area contributed by atoms with Gasteiger partial charge in [0.25, 0.3) is 0 Å². The molecular weight excluding hydrogens is 467 g/mol. The highest BCUT2D eigenvalue weighted by molar-refractivity contribution is 9.10. The molecule has 4 rings (SSSR count). The van der Waals surface area contributed by atoms with E-state index in [-0.39, 0.29) is 5.82 Å². The van der Waals surface area contributed by atoms with Gasteiger partial charge >= 0.3 is 0 Å². The maximum atomic E-state index is 14.4. The molecule has 1 heterocycles. The van der Waals surface area contributed by atoms with E-state index < -0.39 is 0 Å². The van der Waals surface area contributed by atoms with Crippen molar-refractivity contribution in [2.24, 2.45) is 0 Å². The molecule has 0 spiro atoms. The molecule has 30 heavy (non-hydrogen) atoms. The summed E-state index contributed by atoms with van der Waals surface area (Å²) in [6, 6.07) is 19.2. The molecule has 3 aromatic carbocycles. The van der Waals surface area contributed by atoms with E-state index in [0.717, 1.165) is 32.5 Å². The van der Waals surface area contributed by atoms with Crippen molar-refractivity contribution in [3.05, 3.63) is 82.1 Å². The van der Waals surface area contributed by atoms with E-state index in [1.807, 2.05) is 54.6 Å². The number of benzene rings is 3. The molecule has 0 saturated heterocycles. The van der Waals surface area contributed by atoms with Crippen molar-refractivity contribution < 1.29 is 13.9 Å². The maximum absolute atomic E-state index is 14.4. The second kappa shape index (κ2) is 9.02. The number of nitrogens with zero attached hydrogens (tertiary/aromatic N) is 2. The van der Waals surface area contributed by atoms with Crippen LogP contribution in [-0.4, -0.2) is 19.2 Å². The summed E-state index contributed by atoms with van der Waals surface area (Å²) in [6.45, 7) is 1.28. The minimum atomic E-state index is -0.323. The number of ether oxygens (including phenoxy) is 2. The fourth-order valence-electron chi connectivity index (χ4n) is 3.17. The van der Waals surface area contributed by atoms with Crippen LogP contribution in [0.15, 0.2) is 65.1 Å². The maximum Gasteiger partial charge on any atom is 0.187 e. The number of anilines is 1. The zero-order chi connectivity index (χ0) is 21.1. The van der Waals surface area contributed by atoms with E-state index in [9.17, 15) is 4.39 Å². The normalized spacial score (nSPS) is 10.9. The third-order valence-electron chi connectivity index (χ3n) is 4.74. The molecule has 0 radical (unpaired) electrons. The van der Waals surface area contributed by atoms with Crippen molar-refractivity contribution in [2.75, 3.05) is 19.1 Å². The Hall–Kier alpha value is -2.64. The van der Waals surface area contributed by atoms with Crippen molar-refractivity contribution in [1.82, 2.24) is 4.98 Å². The van der Waals surface area contributed by atoms with Crippen LogP contribution in [0.1, 0.15) is 11.1 Å². The van der Waals surface area contributed by atoms with E-state index >= 15 is 0 Å². The zero-order valence-electron chi connectivity index (χ0n) is 16.6. The van der Waals surface area contributed by atoms with Crippen LogP contribution in [0, 0.1) is 5.82 Å². The smallest absolute Gasteiger partial charge is 0.187 e. The first kappa shape index (κ1) is 20.6. The Labute approximate surface area is 187 Å². The van der Waals surface area contributed by atoms with Crippen LogP contribution in [0.25, 0.3) is 10.2 Å². The number of methoxy groups -OCH3 is 2. The van der Waals surface area contributed by atoms with Crippen LogP contribution in [0.4, 0.5) is 9.52 Å². The molecule has 4 nitrogen and oxygen atoms in total. The molecule has 0 saturated carbocycles. The van der Waals surface area contributed by atoms with Gasteiger partial charge in [0.2, 0.25) is 0 Å². The van der Waals surface area contributed by atoms with Crippen LogP contribution in [0.2, 0.25) is 0 Å². The van der Waals surface area contributed by atoms with Crippen molar-refractivity contribution in [2.45, 2.75) is 13.1 Å². The van der Waals surface area contributed by atoms with Gasteiger partial charge in [-0.2, -0.15) is 0 Å². The van der Waals surface area contributed by atoms with Crippen LogP contribution in [0.5, 0.6) is 11.5 Å². The average molecular weight is 487 g/mol. The van der Waals surface area contributed by atoms with Crippen molar-refractivity contribution in [3.63, 3.8) is 0 Å². The van der Waals surface area contributed by atoms with Gasteiger partial charge in [-0.05, 0) is 47.5 Å². The second-order valence-corrected chi connectivity index (χ2v) is 8.71. The minimum Gasteiger partial charge on any atom is -0.497 e. The van der Waals surface area contributed by atoms with Gasteiger partial charge in [-0.25, -0.2) is 9.37 Å². The van der Waals surface area contributed by atoms with Gasteiger partial charge in [-0.15, -0.1) is 0 Å². The van der Waals surface area contributed by atoms with Gasteiger partial charge in [-0.1, -0.05) is 51.5 Å². The lowest BCUT2D eigenvalue weighted by Crippen LogP contribution is -2.22. The quantitative estimate of drug-likeness (QED) is 0.301. The summed E-state index contributed by atoms with van der Waals surface area (Å²) < 4.78 is 26.4. The average Bonchev–Trinajstić information content (AvgIpc) is 3.19. The van der Waals surface area contributed by atoms with Gasteiger partial charge < -0.3 is 14.4 Å². The third-order valence-corrected chi connectivity index (χ3v) is 6.26. The number of halogens is 2. The first-order valence-corrected chi connectivity index (χ1v) is 10.9. The van der Waals surface area contributed by atoms with E-state index in [4.69, 9.17) is 9.47 Å². The molecule has 4 aromatic rings. The molecular formula is C23H20BrFN2O2S. The Balaban J connectivity index is 1.68. The Morgan fingerprint density at radius 3 is 1.93 bits per heavy atom. The fourth-order valence-corrected chi connectivity index (χ4v) is 4.77. The largest absolute Gasteiger partial charge is 0.497 e. The van der Waals surface area contributed by atoms with Crippen LogP contribution in [-0.2, 0) is 13.1 Å². The van der Waals surface area contributed by atoms with E-state index in [1.54, 1.807) is 14.2 Å². The lowest BCUT2D eigenvalue weighted by Gasteiger charge is -2.22. The van der Waals surface area contributed by atoms with E-state index in [2.05, 4.69) is 25.8 Å². The monoisotopic (exact) mass is 486 g/mol. The molecule has 0 aliphatic carbocycles. The summed E-state index contributed by atoms with van der Waals surface area (Å²) in [7, 11) is 3.30.